The Kier molecular flexibility index (Phi) is 6.70. The van der Waals surface area contributed by atoms with E-state index in [1.807, 2.05) is 37.3 Å². The first-order valence-electron chi connectivity index (χ1n) is 7.50. The third-order valence-electron chi connectivity index (χ3n) is 3.16. The number of carbonyl (C=O) groups excluding carboxylic acids is 2. The first-order chi connectivity index (χ1) is 11.5. The molecule has 0 aliphatic carbocycles. The molecule has 6 heteroatoms. The van der Waals surface area contributed by atoms with E-state index in [9.17, 15) is 9.59 Å². The smallest absolute Gasteiger partial charge is 0.338 e. The quantitative estimate of drug-likeness (QED) is 0.600. The van der Waals surface area contributed by atoms with Crippen LogP contribution in [0.15, 0.2) is 53.4 Å². The van der Waals surface area contributed by atoms with Gasteiger partial charge in [-0.2, -0.15) is 0 Å². The minimum atomic E-state index is -0.440. The molecule has 0 radical (unpaired) electrons. The Labute approximate surface area is 150 Å². The summed E-state index contributed by atoms with van der Waals surface area (Å²) in [5, 5.41) is 2.80. The molecule has 1 amide bonds. The second kappa shape index (κ2) is 8.76. The normalized spacial score (nSPS) is 11.6. The highest BCUT2D eigenvalue weighted by atomic mass is 35.5. The minimum absolute atomic E-state index is 0.158. The van der Waals surface area contributed by atoms with Gasteiger partial charge in [0.25, 0.3) is 0 Å². The second-order valence-electron chi connectivity index (χ2n) is 4.98. The fourth-order valence-electron chi connectivity index (χ4n) is 1.95. The van der Waals surface area contributed by atoms with Crippen molar-refractivity contribution in [2.24, 2.45) is 0 Å². The van der Waals surface area contributed by atoms with Crippen molar-refractivity contribution >= 4 is 40.9 Å². The summed E-state index contributed by atoms with van der Waals surface area (Å²) in [7, 11) is 0. The van der Waals surface area contributed by atoms with Gasteiger partial charge in [-0.3, -0.25) is 4.79 Å². The Bertz CT molecular complexity index is 721. The van der Waals surface area contributed by atoms with Crippen LogP contribution >= 0.6 is 23.4 Å². The molecule has 0 spiro atoms. The van der Waals surface area contributed by atoms with Crippen LogP contribution in [-0.4, -0.2) is 23.7 Å². The average molecular weight is 364 g/mol. The van der Waals surface area contributed by atoms with E-state index < -0.39 is 5.97 Å². The lowest BCUT2D eigenvalue weighted by Crippen LogP contribution is -2.22. The average Bonchev–Trinajstić information content (AvgIpc) is 2.57. The minimum Gasteiger partial charge on any atom is -0.462 e. The van der Waals surface area contributed by atoms with Crippen LogP contribution in [0.3, 0.4) is 0 Å². The Morgan fingerprint density at radius 1 is 1.21 bits per heavy atom. The molecular formula is C18H18ClNO3S. The van der Waals surface area contributed by atoms with Crippen LogP contribution in [0.5, 0.6) is 0 Å². The molecular weight excluding hydrogens is 346 g/mol. The van der Waals surface area contributed by atoms with Crippen molar-refractivity contribution in [3.05, 3.63) is 59.1 Å². The summed E-state index contributed by atoms with van der Waals surface area (Å²) in [6.07, 6.45) is 0. The number of anilines is 1. The lowest BCUT2D eigenvalue weighted by molar-refractivity contribution is -0.115. The first kappa shape index (κ1) is 18.4. The van der Waals surface area contributed by atoms with Gasteiger partial charge in [-0.15, -0.1) is 11.8 Å². The molecule has 0 bridgehead atoms. The largest absolute Gasteiger partial charge is 0.462 e. The van der Waals surface area contributed by atoms with Gasteiger partial charge in [0.2, 0.25) is 5.91 Å². The third kappa shape index (κ3) is 5.01. The molecule has 0 saturated carbocycles. The molecule has 0 unspecified atom stereocenters. The van der Waals surface area contributed by atoms with Crippen LogP contribution in [0.25, 0.3) is 0 Å². The predicted octanol–water partition coefficient (Wildman–Crippen LogP) is 4.64. The number of carbonyl (C=O) groups is 2. The van der Waals surface area contributed by atoms with E-state index in [2.05, 4.69) is 5.32 Å². The number of hydrogen-bond acceptors (Lipinski definition) is 4. The zero-order valence-electron chi connectivity index (χ0n) is 13.4. The number of nitrogens with one attached hydrogen (secondary N) is 1. The summed E-state index contributed by atoms with van der Waals surface area (Å²) in [5.41, 5.74) is 0.821. The lowest BCUT2D eigenvalue weighted by atomic mass is 10.2. The van der Waals surface area contributed by atoms with E-state index in [0.29, 0.717) is 22.9 Å². The van der Waals surface area contributed by atoms with E-state index in [4.69, 9.17) is 16.3 Å². The molecule has 126 valence electrons. The molecule has 0 aliphatic heterocycles. The van der Waals surface area contributed by atoms with E-state index in [1.54, 1.807) is 19.1 Å². The maximum Gasteiger partial charge on any atom is 0.338 e. The van der Waals surface area contributed by atoms with E-state index in [0.717, 1.165) is 4.90 Å². The highest BCUT2D eigenvalue weighted by molar-refractivity contribution is 8.00. The van der Waals surface area contributed by atoms with Crippen LogP contribution < -0.4 is 5.32 Å². The van der Waals surface area contributed by atoms with Crippen molar-refractivity contribution in [3.63, 3.8) is 0 Å². The van der Waals surface area contributed by atoms with Crippen molar-refractivity contribution in [3.8, 4) is 0 Å². The SMILES string of the molecule is CCOC(=O)c1ccc(NC(=O)[C@@H](C)Sc2ccccc2)c(Cl)c1. The highest BCUT2D eigenvalue weighted by Crippen LogP contribution is 2.27. The van der Waals surface area contributed by atoms with E-state index in [1.165, 1.54) is 17.8 Å². The number of thioether (sulfide) groups is 1. The number of hydrogen-bond donors (Lipinski definition) is 1. The summed E-state index contributed by atoms with van der Waals surface area (Å²) in [5.74, 6) is -0.597. The molecule has 2 aromatic rings. The summed E-state index contributed by atoms with van der Waals surface area (Å²) in [6.45, 7) is 3.86. The molecule has 0 fully saturated rings. The van der Waals surface area contributed by atoms with E-state index in [-0.39, 0.29) is 11.2 Å². The van der Waals surface area contributed by atoms with Gasteiger partial charge in [-0.25, -0.2) is 4.79 Å². The third-order valence-corrected chi connectivity index (χ3v) is 4.59. The standard InChI is InChI=1S/C18H18ClNO3S/c1-3-23-18(22)13-9-10-16(15(19)11-13)20-17(21)12(2)24-14-7-5-4-6-8-14/h4-12H,3H2,1-2H3,(H,20,21)/t12-/m1/s1. The Morgan fingerprint density at radius 3 is 2.54 bits per heavy atom. The van der Waals surface area contributed by atoms with Crippen molar-refractivity contribution < 1.29 is 14.3 Å². The first-order valence-corrected chi connectivity index (χ1v) is 8.76. The van der Waals surface area contributed by atoms with Crippen LogP contribution in [0.4, 0.5) is 5.69 Å². The topological polar surface area (TPSA) is 55.4 Å². The second-order valence-corrected chi connectivity index (χ2v) is 6.80. The van der Waals surface area contributed by atoms with Crippen LogP contribution in [0.1, 0.15) is 24.2 Å². The molecule has 0 heterocycles. The Morgan fingerprint density at radius 2 is 1.92 bits per heavy atom. The van der Waals surface area contributed by atoms with Crippen LogP contribution in [0, 0.1) is 0 Å². The molecule has 2 aromatic carbocycles. The zero-order chi connectivity index (χ0) is 17.5. The molecule has 1 atom stereocenters. The molecule has 0 aromatic heterocycles. The van der Waals surface area contributed by atoms with Gasteiger partial charge in [0, 0.05) is 4.90 Å². The highest BCUT2D eigenvalue weighted by Gasteiger charge is 2.16. The van der Waals surface area contributed by atoms with Gasteiger partial charge in [0.15, 0.2) is 0 Å². The van der Waals surface area contributed by atoms with Gasteiger partial charge >= 0.3 is 5.97 Å². The number of benzene rings is 2. The molecule has 4 nitrogen and oxygen atoms in total. The zero-order valence-corrected chi connectivity index (χ0v) is 15.0. The summed E-state index contributed by atoms with van der Waals surface area (Å²) < 4.78 is 4.92. The number of amides is 1. The van der Waals surface area contributed by atoms with Gasteiger partial charge in [-0.1, -0.05) is 29.8 Å². The maximum absolute atomic E-state index is 12.3. The van der Waals surface area contributed by atoms with Crippen LogP contribution in [-0.2, 0) is 9.53 Å². The molecule has 0 aliphatic rings. The number of halogens is 1. The van der Waals surface area contributed by atoms with Gasteiger partial charge in [0.05, 0.1) is 28.1 Å². The number of rotatable bonds is 6. The van der Waals surface area contributed by atoms with Crippen LogP contribution in [0.2, 0.25) is 5.02 Å². The maximum atomic E-state index is 12.3. The van der Waals surface area contributed by atoms with Crippen molar-refractivity contribution in [1.82, 2.24) is 0 Å². The Hall–Kier alpha value is -1.98. The monoisotopic (exact) mass is 363 g/mol. The molecule has 2 rings (SSSR count). The van der Waals surface area contributed by atoms with Crippen molar-refractivity contribution in [1.29, 1.82) is 0 Å². The van der Waals surface area contributed by atoms with Gasteiger partial charge in [-0.05, 0) is 44.2 Å². The fourth-order valence-corrected chi connectivity index (χ4v) is 3.07. The Balaban J connectivity index is 2.02. The summed E-state index contributed by atoms with van der Waals surface area (Å²) >= 11 is 7.62. The number of ether oxygens (including phenoxy) is 1. The van der Waals surface area contributed by atoms with Crippen molar-refractivity contribution in [2.75, 3.05) is 11.9 Å². The fraction of sp³-hybridized carbons (Fsp3) is 0.222. The van der Waals surface area contributed by atoms with E-state index >= 15 is 0 Å². The number of esters is 1. The van der Waals surface area contributed by atoms with Gasteiger partial charge in [0.1, 0.15) is 0 Å². The summed E-state index contributed by atoms with van der Waals surface area (Å²) in [6, 6.07) is 14.4. The lowest BCUT2D eigenvalue weighted by Gasteiger charge is -2.13. The van der Waals surface area contributed by atoms with Crippen molar-refractivity contribution in [2.45, 2.75) is 24.0 Å². The predicted molar refractivity (Wildman–Crippen MR) is 97.8 cm³/mol. The molecule has 0 saturated heterocycles. The summed E-state index contributed by atoms with van der Waals surface area (Å²) in [4.78, 5) is 25.0. The molecule has 24 heavy (non-hydrogen) atoms. The molecule has 1 N–H and O–H groups in total. The van der Waals surface area contributed by atoms with Gasteiger partial charge < -0.3 is 10.1 Å².